The number of amides is 1. The van der Waals surface area contributed by atoms with Crippen LogP contribution in [0.1, 0.15) is 30.1 Å². The number of nitrogens with zero attached hydrogens (tertiary/aromatic N) is 1. The average Bonchev–Trinajstić information content (AvgIpc) is 2.97. The van der Waals surface area contributed by atoms with Gasteiger partial charge in [0.05, 0.1) is 12.5 Å². The molecule has 1 aliphatic rings. The van der Waals surface area contributed by atoms with Gasteiger partial charge < -0.3 is 19.5 Å². The Labute approximate surface area is 127 Å². The maximum absolute atomic E-state index is 12.4. The van der Waals surface area contributed by atoms with Crippen molar-refractivity contribution >= 4 is 17.7 Å². The van der Waals surface area contributed by atoms with E-state index in [-0.39, 0.29) is 31.3 Å². The van der Waals surface area contributed by atoms with E-state index >= 15 is 0 Å². The first-order chi connectivity index (χ1) is 10.4. The maximum atomic E-state index is 12.4. The van der Waals surface area contributed by atoms with Crippen LogP contribution < -0.4 is 9.47 Å². The Balaban J connectivity index is 2.05. The molecule has 118 valence electrons. The molecule has 0 unspecified atom stereocenters. The first kappa shape index (κ1) is 15.8. The van der Waals surface area contributed by atoms with Crippen molar-refractivity contribution in [1.82, 2.24) is 4.90 Å². The number of hydrogen-bond donors (Lipinski definition) is 1. The van der Waals surface area contributed by atoms with E-state index in [1.807, 2.05) is 0 Å². The monoisotopic (exact) mass is 307 g/mol. The molecule has 2 rings (SSSR count). The number of carbonyl (C=O) groups excluding carboxylic acids is 2. The highest BCUT2D eigenvalue weighted by Gasteiger charge is 2.25. The third kappa shape index (κ3) is 3.36. The second-order valence-electron chi connectivity index (χ2n) is 5.01. The Morgan fingerprint density at radius 2 is 1.91 bits per heavy atom. The number of carboxylic acid groups (broad SMARTS) is 1. The summed E-state index contributed by atoms with van der Waals surface area (Å²) >= 11 is 0. The zero-order chi connectivity index (χ0) is 16.3. The number of fused-ring (bicyclic) bond motifs is 1. The number of hydrogen-bond acceptors (Lipinski definition) is 5. The van der Waals surface area contributed by atoms with Gasteiger partial charge in [-0.05, 0) is 25.1 Å². The van der Waals surface area contributed by atoms with Crippen LogP contribution in [-0.4, -0.2) is 47.5 Å². The van der Waals surface area contributed by atoms with E-state index in [4.69, 9.17) is 14.6 Å². The summed E-state index contributed by atoms with van der Waals surface area (Å²) < 4.78 is 10.4. The van der Waals surface area contributed by atoms with Crippen LogP contribution in [0.2, 0.25) is 0 Å². The summed E-state index contributed by atoms with van der Waals surface area (Å²) in [7, 11) is 1.49. The van der Waals surface area contributed by atoms with Crippen LogP contribution in [0.5, 0.6) is 11.5 Å². The van der Waals surface area contributed by atoms with Crippen LogP contribution in [0.25, 0.3) is 0 Å². The molecule has 0 bridgehead atoms. The molecule has 1 N–H and O–H groups in total. The van der Waals surface area contributed by atoms with Gasteiger partial charge >= 0.3 is 5.97 Å². The lowest BCUT2D eigenvalue weighted by atomic mass is 10.0. The topological polar surface area (TPSA) is 93.1 Å². The number of rotatable bonds is 6. The van der Waals surface area contributed by atoms with Crippen LogP contribution in [0.15, 0.2) is 18.2 Å². The second kappa shape index (κ2) is 6.46. The molecular formula is C15H17NO6. The first-order valence-electron chi connectivity index (χ1n) is 6.81. The number of carboxylic acids is 1. The van der Waals surface area contributed by atoms with E-state index in [0.717, 1.165) is 0 Å². The molecule has 1 amide bonds. The minimum Gasteiger partial charge on any atom is -0.481 e. The molecule has 0 saturated heterocycles. The van der Waals surface area contributed by atoms with Crippen molar-refractivity contribution in [2.45, 2.75) is 25.8 Å². The molecule has 1 aromatic carbocycles. The molecule has 1 atom stereocenters. The average molecular weight is 307 g/mol. The summed E-state index contributed by atoms with van der Waals surface area (Å²) in [6, 6.07) is 4.15. The standard InChI is InChI=1S/C15H17NO6/c1-9(16(2)13(17)5-6-14(18)19)15(20)10-3-4-11-12(7-10)22-8-21-11/h3-4,7,9H,5-6,8H2,1-2H3,(H,18,19)/t9-/m1/s1. The summed E-state index contributed by atoms with van der Waals surface area (Å²) in [4.78, 5) is 36.1. The number of benzene rings is 1. The molecule has 0 saturated carbocycles. The summed E-state index contributed by atoms with van der Waals surface area (Å²) in [6.45, 7) is 1.72. The zero-order valence-electron chi connectivity index (χ0n) is 12.4. The number of ketones is 1. The van der Waals surface area contributed by atoms with E-state index < -0.39 is 12.0 Å². The summed E-state index contributed by atoms with van der Waals surface area (Å²) in [6.07, 6.45) is -0.390. The minimum atomic E-state index is -1.04. The van der Waals surface area contributed by atoms with Crippen LogP contribution in [0, 0.1) is 0 Å². The third-order valence-corrected chi connectivity index (χ3v) is 3.56. The summed E-state index contributed by atoms with van der Waals surface area (Å²) in [5.41, 5.74) is 0.412. The van der Waals surface area contributed by atoms with Crippen molar-refractivity contribution in [3.05, 3.63) is 23.8 Å². The SMILES string of the molecule is C[C@H](C(=O)c1ccc2c(c1)OCO2)N(C)C(=O)CCC(=O)O. The normalized spacial score (nSPS) is 13.5. The van der Waals surface area contributed by atoms with Gasteiger partial charge in [-0.2, -0.15) is 0 Å². The fraction of sp³-hybridized carbons (Fsp3) is 0.400. The van der Waals surface area contributed by atoms with Gasteiger partial charge in [0, 0.05) is 19.0 Å². The predicted molar refractivity (Wildman–Crippen MR) is 76.0 cm³/mol. The van der Waals surface area contributed by atoms with Crippen molar-refractivity contribution in [2.75, 3.05) is 13.8 Å². The van der Waals surface area contributed by atoms with Crippen LogP contribution >= 0.6 is 0 Å². The van der Waals surface area contributed by atoms with E-state index in [0.29, 0.717) is 17.1 Å². The first-order valence-corrected chi connectivity index (χ1v) is 6.81. The van der Waals surface area contributed by atoms with Gasteiger partial charge in [-0.3, -0.25) is 14.4 Å². The summed E-state index contributed by atoms with van der Waals surface area (Å²) in [5.74, 6) is -0.599. The molecule has 0 spiro atoms. The Kier molecular flexibility index (Phi) is 4.65. The van der Waals surface area contributed by atoms with Crippen molar-refractivity contribution < 1.29 is 29.0 Å². The van der Waals surface area contributed by atoms with Crippen molar-refractivity contribution in [3.63, 3.8) is 0 Å². The molecule has 1 heterocycles. The fourth-order valence-electron chi connectivity index (χ4n) is 2.07. The Morgan fingerprint density at radius 3 is 2.59 bits per heavy atom. The maximum Gasteiger partial charge on any atom is 0.303 e. The smallest absolute Gasteiger partial charge is 0.303 e. The van der Waals surface area contributed by atoms with Gasteiger partial charge in [-0.1, -0.05) is 0 Å². The molecular weight excluding hydrogens is 290 g/mol. The number of ether oxygens (including phenoxy) is 2. The van der Waals surface area contributed by atoms with E-state index in [1.165, 1.54) is 11.9 Å². The van der Waals surface area contributed by atoms with Gasteiger partial charge in [-0.25, -0.2) is 0 Å². The highest BCUT2D eigenvalue weighted by Crippen LogP contribution is 2.32. The number of aliphatic carboxylic acids is 1. The van der Waals surface area contributed by atoms with Gasteiger partial charge in [-0.15, -0.1) is 0 Å². The van der Waals surface area contributed by atoms with Crippen molar-refractivity contribution in [2.24, 2.45) is 0 Å². The van der Waals surface area contributed by atoms with Gasteiger partial charge in [0.15, 0.2) is 17.3 Å². The highest BCUT2D eigenvalue weighted by atomic mass is 16.7. The van der Waals surface area contributed by atoms with Crippen LogP contribution in [0.3, 0.4) is 0 Å². The highest BCUT2D eigenvalue weighted by molar-refractivity contribution is 6.02. The largest absolute Gasteiger partial charge is 0.481 e. The molecule has 0 radical (unpaired) electrons. The Bertz CT molecular complexity index is 612. The lowest BCUT2D eigenvalue weighted by molar-refractivity contribution is -0.140. The van der Waals surface area contributed by atoms with Gasteiger partial charge in [0.1, 0.15) is 0 Å². The molecule has 0 fully saturated rings. The van der Waals surface area contributed by atoms with E-state index in [2.05, 4.69) is 0 Å². The molecule has 1 aliphatic heterocycles. The number of Topliss-reactive ketones (excluding diaryl/α,β-unsaturated/α-hetero) is 1. The number of likely N-dealkylation sites (N-methyl/N-ethyl adjacent to an activating group) is 1. The van der Waals surface area contributed by atoms with Crippen LogP contribution in [-0.2, 0) is 9.59 Å². The van der Waals surface area contributed by atoms with Gasteiger partial charge in [0.2, 0.25) is 12.7 Å². The minimum absolute atomic E-state index is 0.121. The number of carbonyl (C=O) groups is 3. The Morgan fingerprint density at radius 1 is 1.23 bits per heavy atom. The quantitative estimate of drug-likeness (QED) is 0.796. The molecule has 22 heavy (non-hydrogen) atoms. The zero-order valence-corrected chi connectivity index (χ0v) is 12.4. The lowest BCUT2D eigenvalue weighted by Crippen LogP contribution is -2.40. The summed E-state index contributed by atoms with van der Waals surface area (Å²) in [5, 5.41) is 8.60. The van der Waals surface area contributed by atoms with Gasteiger partial charge in [0.25, 0.3) is 0 Å². The van der Waals surface area contributed by atoms with E-state index in [1.54, 1.807) is 25.1 Å². The van der Waals surface area contributed by atoms with Crippen molar-refractivity contribution in [3.8, 4) is 11.5 Å². The molecule has 0 aromatic heterocycles. The molecule has 7 heteroatoms. The fourth-order valence-corrected chi connectivity index (χ4v) is 2.07. The van der Waals surface area contributed by atoms with E-state index in [9.17, 15) is 14.4 Å². The second-order valence-corrected chi connectivity index (χ2v) is 5.01. The molecule has 7 nitrogen and oxygen atoms in total. The third-order valence-electron chi connectivity index (χ3n) is 3.56. The lowest BCUT2D eigenvalue weighted by Gasteiger charge is -2.23. The van der Waals surface area contributed by atoms with Crippen LogP contribution in [0.4, 0.5) is 0 Å². The Hall–Kier alpha value is -2.57. The van der Waals surface area contributed by atoms with Crippen molar-refractivity contribution in [1.29, 1.82) is 0 Å². The predicted octanol–water partition coefficient (Wildman–Crippen LogP) is 1.31. The molecule has 0 aliphatic carbocycles. The molecule has 1 aromatic rings.